The minimum absolute atomic E-state index is 0.118. The van der Waals surface area contributed by atoms with Gasteiger partial charge in [-0.25, -0.2) is 0 Å². The average molecular weight is 331 g/mol. The molecule has 0 aliphatic rings. The number of benzene rings is 1. The van der Waals surface area contributed by atoms with Gasteiger partial charge in [0.05, 0.1) is 31.6 Å². The Kier molecular flexibility index (Phi) is 7.45. The monoisotopic (exact) mass is 331 g/mol. The zero-order chi connectivity index (χ0) is 17.2. The zero-order valence-electron chi connectivity index (χ0n) is 14.3. The third kappa shape index (κ3) is 5.79. The Labute approximate surface area is 142 Å². The van der Waals surface area contributed by atoms with Crippen LogP contribution in [-0.2, 0) is 29.2 Å². The van der Waals surface area contributed by atoms with Gasteiger partial charge in [0.1, 0.15) is 0 Å². The first-order valence-corrected chi connectivity index (χ1v) is 8.27. The number of ether oxygens (including phenoxy) is 2. The van der Waals surface area contributed by atoms with E-state index in [4.69, 9.17) is 9.47 Å². The van der Waals surface area contributed by atoms with E-state index >= 15 is 0 Å². The first kappa shape index (κ1) is 18.2. The minimum atomic E-state index is -0.118. The molecule has 0 aliphatic carbocycles. The van der Waals surface area contributed by atoms with Crippen LogP contribution in [0, 0.1) is 0 Å². The molecule has 0 atom stereocenters. The molecule has 6 nitrogen and oxygen atoms in total. The fraction of sp³-hybridized carbons (Fsp3) is 0.444. The lowest BCUT2D eigenvalue weighted by Gasteiger charge is -2.08. The van der Waals surface area contributed by atoms with E-state index in [1.54, 1.807) is 17.1 Å². The molecular weight excluding hydrogens is 306 g/mol. The molecule has 0 saturated heterocycles. The number of aromatic nitrogens is 2. The molecule has 1 aromatic heterocycles. The maximum atomic E-state index is 12.1. The first-order chi connectivity index (χ1) is 11.7. The van der Waals surface area contributed by atoms with Gasteiger partial charge >= 0.3 is 0 Å². The smallest absolute Gasteiger partial charge is 0.254 e. The number of nitrogens with zero attached hydrogens (tertiary/aromatic N) is 2. The number of hydrogen-bond donors (Lipinski definition) is 1. The van der Waals surface area contributed by atoms with Crippen LogP contribution in [0.2, 0.25) is 0 Å². The molecule has 0 radical (unpaired) electrons. The van der Waals surface area contributed by atoms with Crippen LogP contribution in [0.15, 0.2) is 36.7 Å². The van der Waals surface area contributed by atoms with E-state index in [0.29, 0.717) is 38.5 Å². The second-order valence-electron chi connectivity index (χ2n) is 5.34. The summed E-state index contributed by atoms with van der Waals surface area (Å²) in [5.74, 6) is -0.118. The highest BCUT2D eigenvalue weighted by atomic mass is 16.5. The largest absolute Gasteiger partial charge is 0.379 e. The van der Waals surface area contributed by atoms with Gasteiger partial charge in [0, 0.05) is 25.9 Å². The Hall–Kier alpha value is -2.18. The van der Waals surface area contributed by atoms with Gasteiger partial charge in [0.25, 0.3) is 5.91 Å². The van der Waals surface area contributed by atoms with Crippen molar-refractivity contribution in [3.05, 3.63) is 53.3 Å². The number of rotatable bonds is 10. The predicted octanol–water partition coefficient (Wildman–Crippen LogP) is 2.39. The lowest BCUT2D eigenvalue weighted by Crippen LogP contribution is -2.22. The average Bonchev–Trinajstić information content (AvgIpc) is 3.09. The number of carbonyl (C=O) groups is 1. The predicted molar refractivity (Wildman–Crippen MR) is 91.7 cm³/mol. The molecule has 24 heavy (non-hydrogen) atoms. The van der Waals surface area contributed by atoms with Crippen LogP contribution in [0.4, 0.5) is 0 Å². The van der Waals surface area contributed by atoms with E-state index in [1.165, 1.54) is 0 Å². The molecule has 0 spiro atoms. The fourth-order valence-electron chi connectivity index (χ4n) is 2.22. The maximum Gasteiger partial charge on any atom is 0.254 e. The summed E-state index contributed by atoms with van der Waals surface area (Å²) >= 11 is 0. The summed E-state index contributed by atoms with van der Waals surface area (Å²) in [5.41, 5.74) is 2.70. The van der Waals surface area contributed by atoms with E-state index in [-0.39, 0.29) is 5.91 Å². The Bertz CT molecular complexity index is 640. The third-order valence-corrected chi connectivity index (χ3v) is 3.51. The van der Waals surface area contributed by atoms with Crippen molar-refractivity contribution < 1.29 is 14.3 Å². The first-order valence-electron chi connectivity index (χ1n) is 8.27. The third-order valence-electron chi connectivity index (χ3n) is 3.51. The summed E-state index contributed by atoms with van der Waals surface area (Å²) in [6.07, 6.45) is 3.33. The number of hydrogen-bond acceptors (Lipinski definition) is 4. The zero-order valence-corrected chi connectivity index (χ0v) is 14.3. The number of nitrogens with one attached hydrogen (secondary N) is 1. The van der Waals surface area contributed by atoms with Gasteiger partial charge in [-0.05, 0) is 25.0 Å². The van der Waals surface area contributed by atoms with Crippen LogP contribution in [0.3, 0.4) is 0 Å². The van der Waals surface area contributed by atoms with Crippen LogP contribution in [0.25, 0.3) is 0 Å². The minimum Gasteiger partial charge on any atom is -0.379 e. The van der Waals surface area contributed by atoms with Crippen LogP contribution in [-0.4, -0.2) is 35.5 Å². The Morgan fingerprint density at radius 3 is 2.75 bits per heavy atom. The SMILES string of the molecule is CCOCCOCc1cccc(CNC(=O)c2cnn(CC)c2)c1. The van der Waals surface area contributed by atoms with Crippen LogP contribution in [0.1, 0.15) is 35.3 Å². The molecule has 1 amide bonds. The fourth-order valence-corrected chi connectivity index (χ4v) is 2.22. The summed E-state index contributed by atoms with van der Waals surface area (Å²) in [5, 5.41) is 7.02. The van der Waals surface area contributed by atoms with Gasteiger partial charge in [-0.15, -0.1) is 0 Å². The van der Waals surface area contributed by atoms with Crippen molar-refractivity contribution in [3.63, 3.8) is 0 Å². The van der Waals surface area contributed by atoms with Crippen molar-refractivity contribution in [1.29, 1.82) is 0 Å². The molecule has 0 bridgehead atoms. The van der Waals surface area contributed by atoms with Gasteiger partial charge in [0.15, 0.2) is 0 Å². The lowest BCUT2D eigenvalue weighted by molar-refractivity contribution is 0.0453. The Morgan fingerprint density at radius 1 is 1.21 bits per heavy atom. The molecule has 2 aromatic rings. The van der Waals surface area contributed by atoms with E-state index < -0.39 is 0 Å². The molecule has 2 rings (SSSR count). The van der Waals surface area contributed by atoms with E-state index in [9.17, 15) is 4.79 Å². The molecule has 1 N–H and O–H groups in total. The van der Waals surface area contributed by atoms with Gasteiger partial charge < -0.3 is 14.8 Å². The highest BCUT2D eigenvalue weighted by molar-refractivity contribution is 5.93. The van der Waals surface area contributed by atoms with Crippen molar-refractivity contribution in [2.45, 2.75) is 33.5 Å². The maximum absolute atomic E-state index is 12.1. The summed E-state index contributed by atoms with van der Waals surface area (Å²) in [6, 6.07) is 8.00. The van der Waals surface area contributed by atoms with Crippen molar-refractivity contribution >= 4 is 5.91 Å². The molecule has 0 aliphatic heterocycles. The summed E-state index contributed by atoms with van der Waals surface area (Å²) in [6.45, 7) is 7.60. The highest BCUT2D eigenvalue weighted by Gasteiger charge is 2.08. The number of amides is 1. The van der Waals surface area contributed by atoms with E-state index in [0.717, 1.165) is 17.7 Å². The van der Waals surface area contributed by atoms with Crippen molar-refractivity contribution in [2.75, 3.05) is 19.8 Å². The standard InChI is InChI=1S/C18H25N3O3/c1-3-21-13-17(12-20-21)18(22)19-11-15-6-5-7-16(10-15)14-24-9-8-23-4-2/h5-7,10,12-13H,3-4,8-9,11,14H2,1-2H3,(H,19,22). The van der Waals surface area contributed by atoms with Gasteiger partial charge in [-0.1, -0.05) is 24.3 Å². The number of aryl methyl sites for hydroxylation is 1. The summed E-state index contributed by atoms with van der Waals surface area (Å²) < 4.78 is 12.5. The topological polar surface area (TPSA) is 65.4 Å². The van der Waals surface area contributed by atoms with Gasteiger partial charge in [-0.3, -0.25) is 9.48 Å². The lowest BCUT2D eigenvalue weighted by atomic mass is 10.1. The molecule has 1 heterocycles. The molecule has 0 unspecified atom stereocenters. The van der Waals surface area contributed by atoms with E-state index in [1.807, 2.05) is 38.1 Å². The van der Waals surface area contributed by atoms with E-state index in [2.05, 4.69) is 10.4 Å². The van der Waals surface area contributed by atoms with Gasteiger partial charge in [-0.2, -0.15) is 5.10 Å². The molecular formula is C18H25N3O3. The summed E-state index contributed by atoms with van der Waals surface area (Å²) in [4.78, 5) is 12.1. The molecule has 0 fully saturated rings. The second kappa shape index (κ2) is 9.85. The number of carbonyl (C=O) groups excluding carboxylic acids is 1. The summed E-state index contributed by atoms with van der Waals surface area (Å²) in [7, 11) is 0. The van der Waals surface area contributed by atoms with Crippen LogP contribution >= 0.6 is 0 Å². The van der Waals surface area contributed by atoms with Gasteiger partial charge in [0.2, 0.25) is 0 Å². The highest BCUT2D eigenvalue weighted by Crippen LogP contribution is 2.07. The van der Waals surface area contributed by atoms with Crippen LogP contribution in [0.5, 0.6) is 0 Å². The molecule has 130 valence electrons. The molecule has 6 heteroatoms. The normalized spacial score (nSPS) is 10.8. The van der Waals surface area contributed by atoms with Crippen molar-refractivity contribution in [3.8, 4) is 0 Å². The molecule has 0 saturated carbocycles. The van der Waals surface area contributed by atoms with Crippen molar-refractivity contribution in [1.82, 2.24) is 15.1 Å². The Morgan fingerprint density at radius 2 is 2.00 bits per heavy atom. The second-order valence-corrected chi connectivity index (χ2v) is 5.34. The molecule has 1 aromatic carbocycles. The quantitative estimate of drug-likeness (QED) is 0.679. The van der Waals surface area contributed by atoms with Crippen LogP contribution < -0.4 is 5.32 Å². The van der Waals surface area contributed by atoms with Crippen molar-refractivity contribution in [2.24, 2.45) is 0 Å². The Balaban J connectivity index is 1.79.